The van der Waals surface area contributed by atoms with E-state index < -0.39 is 11.7 Å². The Hall–Kier alpha value is -1.90. The Morgan fingerprint density at radius 3 is 2.14 bits per heavy atom. The molecule has 0 saturated heterocycles. The second kappa shape index (κ2) is 5.47. The number of nitrogens with zero attached hydrogens (tertiary/aromatic N) is 2. The Morgan fingerprint density at radius 1 is 1.19 bits per heavy atom. The highest BCUT2D eigenvalue weighted by atomic mass is 35.5. The summed E-state index contributed by atoms with van der Waals surface area (Å²) in [6, 6.07) is 3.54. The van der Waals surface area contributed by atoms with E-state index in [1.807, 2.05) is 6.07 Å². The van der Waals surface area contributed by atoms with Gasteiger partial charge in [0.05, 0.1) is 26.9 Å². The maximum absolute atomic E-state index is 12.7. The molecule has 0 spiro atoms. The van der Waals surface area contributed by atoms with Crippen molar-refractivity contribution < 1.29 is 13.2 Å². The van der Waals surface area contributed by atoms with Crippen LogP contribution in [-0.2, 0) is 6.18 Å². The van der Waals surface area contributed by atoms with Crippen LogP contribution in [-0.4, -0.2) is 4.57 Å². The van der Waals surface area contributed by atoms with Crippen molar-refractivity contribution in [2.75, 3.05) is 0 Å². The fraction of sp³-hybridized carbons (Fsp3) is 0.0714. The largest absolute Gasteiger partial charge is 0.416 e. The molecule has 0 aliphatic heterocycles. The van der Waals surface area contributed by atoms with Crippen molar-refractivity contribution in [3.63, 3.8) is 0 Å². The average molecular weight is 331 g/mol. The summed E-state index contributed by atoms with van der Waals surface area (Å²) in [5, 5.41) is 8.65. The van der Waals surface area contributed by atoms with Crippen LogP contribution >= 0.6 is 23.2 Å². The molecule has 1 aromatic heterocycles. The highest BCUT2D eigenvalue weighted by Gasteiger charge is 2.32. The fourth-order valence-corrected chi connectivity index (χ4v) is 2.51. The molecule has 1 aromatic carbocycles. The van der Waals surface area contributed by atoms with Crippen LogP contribution in [0.4, 0.5) is 13.2 Å². The number of halogens is 5. The highest BCUT2D eigenvalue weighted by molar-refractivity contribution is 6.37. The Balaban J connectivity index is 2.63. The molecule has 0 radical (unpaired) electrons. The molecule has 2 aromatic rings. The van der Waals surface area contributed by atoms with Gasteiger partial charge in [0.1, 0.15) is 6.07 Å². The molecule has 1 heterocycles. The van der Waals surface area contributed by atoms with Crippen molar-refractivity contribution in [2.45, 2.75) is 6.18 Å². The summed E-state index contributed by atoms with van der Waals surface area (Å²) in [5.41, 5.74) is 0.0929. The van der Waals surface area contributed by atoms with Crippen LogP contribution in [0.15, 0.2) is 31.1 Å². The summed E-state index contributed by atoms with van der Waals surface area (Å²) in [6.45, 7) is 3.56. The normalized spacial score (nSPS) is 11.2. The van der Waals surface area contributed by atoms with Crippen LogP contribution in [0.3, 0.4) is 0 Å². The van der Waals surface area contributed by atoms with Crippen LogP contribution in [0.2, 0.25) is 10.0 Å². The van der Waals surface area contributed by atoms with Gasteiger partial charge < -0.3 is 4.57 Å². The molecule has 0 saturated carbocycles. The molecule has 2 nitrogen and oxygen atoms in total. The Morgan fingerprint density at radius 2 is 1.76 bits per heavy atom. The third-order valence-corrected chi connectivity index (χ3v) is 3.38. The van der Waals surface area contributed by atoms with Crippen molar-refractivity contribution >= 4 is 29.3 Å². The second-order valence-corrected chi connectivity index (χ2v) is 4.95. The predicted octanol–water partition coefficient (Wildman–Crippen LogP) is 5.32. The van der Waals surface area contributed by atoms with Gasteiger partial charge in [-0.05, 0) is 12.1 Å². The fourth-order valence-electron chi connectivity index (χ4n) is 1.83. The lowest BCUT2D eigenvalue weighted by Gasteiger charge is -2.13. The number of benzene rings is 1. The molecule has 0 aliphatic carbocycles. The first-order valence-electron chi connectivity index (χ1n) is 5.59. The average Bonchev–Trinajstić information content (AvgIpc) is 2.79. The zero-order valence-electron chi connectivity index (χ0n) is 10.4. The first kappa shape index (κ1) is 15.5. The molecule has 0 amide bonds. The van der Waals surface area contributed by atoms with Crippen molar-refractivity contribution in [1.29, 1.82) is 5.26 Å². The van der Waals surface area contributed by atoms with Gasteiger partial charge in [-0.25, -0.2) is 0 Å². The quantitative estimate of drug-likeness (QED) is 0.732. The van der Waals surface area contributed by atoms with Crippen molar-refractivity contribution in [1.82, 2.24) is 4.57 Å². The van der Waals surface area contributed by atoms with Crippen LogP contribution in [0.1, 0.15) is 16.7 Å². The molecule has 0 aliphatic rings. The number of rotatable bonds is 2. The third-order valence-electron chi connectivity index (χ3n) is 2.80. The number of alkyl halides is 3. The lowest BCUT2D eigenvalue weighted by Crippen LogP contribution is -2.06. The van der Waals surface area contributed by atoms with E-state index in [9.17, 15) is 13.2 Å². The van der Waals surface area contributed by atoms with E-state index >= 15 is 0 Å². The van der Waals surface area contributed by atoms with E-state index in [1.54, 1.807) is 0 Å². The summed E-state index contributed by atoms with van der Waals surface area (Å²) >= 11 is 11.8. The molecule has 108 valence electrons. The third kappa shape index (κ3) is 2.92. The van der Waals surface area contributed by atoms with Crippen LogP contribution < -0.4 is 0 Å². The van der Waals surface area contributed by atoms with Crippen molar-refractivity contribution in [3.05, 3.63) is 57.8 Å². The topological polar surface area (TPSA) is 28.7 Å². The predicted molar refractivity (Wildman–Crippen MR) is 75.6 cm³/mol. The summed E-state index contributed by atoms with van der Waals surface area (Å²) in [6.07, 6.45) is -0.128. The van der Waals surface area contributed by atoms with Gasteiger partial charge in [0.15, 0.2) is 0 Å². The monoisotopic (exact) mass is 330 g/mol. The standard InChI is InChI=1S/C14H7Cl2F3N2/c1-2-8-6-21(7-9(8)5-20)13-11(15)3-10(4-12(13)16)14(17,18)19/h2-4,6-7H,1H2. The molecule has 0 fully saturated rings. The summed E-state index contributed by atoms with van der Waals surface area (Å²) in [4.78, 5) is 0. The van der Waals surface area contributed by atoms with Gasteiger partial charge in [-0.15, -0.1) is 0 Å². The number of hydrogen-bond donors (Lipinski definition) is 0. The number of aromatic nitrogens is 1. The van der Waals surface area contributed by atoms with Gasteiger partial charge in [0.25, 0.3) is 0 Å². The molecular formula is C14H7Cl2F3N2. The van der Waals surface area contributed by atoms with Gasteiger partial charge in [0, 0.05) is 18.0 Å². The minimum absolute atomic E-state index is 0.162. The smallest absolute Gasteiger partial charge is 0.319 e. The molecule has 7 heteroatoms. The zero-order chi connectivity index (χ0) is 15.8. The lowest BCUT2D eigenvalue weighted by molar-refractivity contribution is -0.137. The van der Waals surface area contributed by atoms with Crippen LogP contribution in [0.25, 0.3) is 11.8 Å². The molecule has 0 atom stereocenters. The SMILES string of the molecule is C=Cc1cn(-c2c(Cl)cc(C(F)(F)F)cc2Cl)cc1C#N. The maximum atomic E-state index is 12.7. The minimum Gasteiger partial charge on any atom is -0.319 e. The Kier molecular flexibility index (Phi) is 4.04. The van der Waals surface area contributed by atoms with Gasteiger partial charge >= 0.3 is 6.18 Å². The number of hydrogen-bond acceptors (Lipinski definition) is 1. The van der Waals surface area contributed by atoms with Crippen molar-refractivity contribution in [3.8, 4) is 11.8 Å². The van der Waals surface area contributed by atoms with Crippen LogP contribution in [0, 0.1) is 11.3 Å². The first-order chi connectivity index (χ1) is 9.77. The van der Waals surface area contributed by atoms with E-state index in [4.69, 9.17) is 28.5 Å². The zero-order valence-corrected chi connectivity index (χ0v) is 11.9. The molecule has 21 heavy (non-hydrogen) atoms. The lowest BCUT2D eigenvalue weighted by atomic mass is 10.2. The van der Waals surface area contributed by atoms with E-state index in [1.165, 1.54) is 23.0 Å². The van der Waals surface area contributed by atoms with E-state index in [0.29, 0.717) is 11.1 Å². The Labute approximate surface area is 128 Å². The summed E-state index contributed by atoms with van der Waals surface area (Å²) in [7, 11) is 0. The molecule has 0 unspecified atom stereocenters. The van der Waals surface area contributed by atoms with Gasteiger partial charge in [0.2, 0.25) is 0 Å². The molecule has 0 bridgehead atoms. The van der Waals surface area contributed by atoms with Gasteiger partial charge in [-0.1, -0.05) is 35.9 Å². The van der Waals surface area contributed by atoms with E-state index in [-0.39, 0.29) is 15.7 Å². The summed E-state index contributed by atoms with van der Waals surface area (Å²) < 4.78 is 39.4. The van der Waals surface area contributed by atoms with Gasteiger partial charge in [-0.2, -0.15) is 18.4 Å². The minimum atomic E-state index is -4.54. The maximum Gasteiger partial charge on any atom is 0.416 e. The number of nitriles is 1. The van der Waals surface area contributed by atoms with Crippen LogP contribution in [0.5, 0.6) is 0 Å². The first-order valence-corrected chi connectivity index (χ1v) is 6.34. The van der Waals surface area contributed by atoms with E-state index in [2.05, 4.69) is 6.58 Å². The highest BCUT2D eigenvalue weighted by Crippen LogP contribution is 2.37. The van der Waals surface area contributed by atoms with Gasteiger partial charge in [-0.3, -0.25) is 0 Å². The molecule has 0 N–H and O–H groups in total. The second-order valence-electron chi connectivity index (χ2n) is 4.14. The molecular weight excluding hydrogens is 324 g/mol. The molecule has 2 rings (SSSR count). The van der Waals surface area contributed by atoms with E-state index in [0.717, 1.165) is 12.1 Å². The van der Waals surface area contributed by atoms with Crippen molar-refractivity contribution in [2.24, 2.45) is 0 Å². The Bertz CT molecular complexity index is 732. The summed E-state index contributed by atoms with van der Waals surface area (Å²) in [5.74, 6) is 0.